The van der Waals surface area contributed by atoms with Crippen LogP contribution in [0.4, 0.5) is 0 Å². The number of phenolic OH excluding ortho intramolecular Hbond substituents is 1. The highest BCUT2D eigenvalue weighted by Crippen LogP contribution is 2.26. The van der Waals surface area contributed by atoms with Crippen molar-refractivity contribution in [3.63, 3.8) is 0 Å². The molecule has 0 fully saturated rings. The minimum absolute atomic E-state index is 0.108. The first kappa shape index (κ1) is 9.32. The molecule has 0 amide bonds. The topological polar surface area (TPSA) is 58.3 Å². The van der Waals surface area contributed by atoms with Gasteiger partial charge in [-0.2, -0.15) is 0 Å². The van der Waals surface area contributed by atoms with Gasteiger partial charge in [-0.3, -0.25) is 11.3 Å². The lowest BCUT2D eigenvalue weighted by Gasteiger charge is -2.11. The Morgan fingerprint density at radius 3 is 2.83 bits per heavy atom. The molecule has 4 N–H and O–H groups in total. The predicted octanol–water partition coefficient (Wildman–Crippen LogP) is 1.57. The first-order chi connectivity index (χ1) is 5.65. The Hall–Kier alpha value is -0.770. The van der Waals surface area contributed by atoms with Crippen LogP contribution in [0.1, 0.15) is 18.5 Å². The Morgan fingerprint density at radius 2 is 2.25 bits per heavy atom. The molecule has 0 aliphatic heterocycles. The van der Waals surface area contributed by atoms with Crippen LogP contribution < -0.4 is 11.3 Å². The molecule has 1 atom stereocenters. The second kappa shape index (κ2) is 3.76. The molecular weight excluding hydrogens is 176 g/mol. The maximum atomic E-state index is 9.38. The van der Waals surface area contributed by atoms with E-state index in [-0.39, 0.29) is 11.8 Å². The molecule has 0 heterocycles. The Labute approximate surface area is 76.1 Å². The molecule has 0 saturated heterocycles. The number of hydrogen-bond donors (Lipinski definition) is 3. The second-order valence-corrected chi connectivity index (χ2v) is 3.03. The Balaban J connectivity index is 3.04. The van der Waals surface area contributed by atoms with Gasteiger partial charge in [0, 0.05) is 16.6 Å². The average molecular weight is 187 g/mol. The minimum atomic E-state index is -0.108. The van der Waals surface area contributed by atoms with Crippen LogP contribution in [0.25, 0.3) is 0 Å². The number of hydrogen-bond acceptors (Lipinski definition) is 3. The second-order valence-electron chi connectivity index (χ2n) is 2.59. The Morgan fingerprint density at radius 1 is 1.58 bits per heavy atom. The molecule has 0 bridgehead atoms. The zero-order chi connectivity index (χ0) is 9.14. The lowest BCUT2D eigenvalue weighted by atomic mass is 10.1. The number of nitrogens with one attached hydrogen (secondary N) is 1. The van der Waals surface area contributed by atoms with Crippen LogP contribution in [-0.4, -0.2) is 5.11 Å². The number of benzene rings is 1. The highest BCUT2D eigenvalue weighted by atomic mass is 35.5. The van der Waals surface area contributed by atoms with Crippen molar-refractivity contribution < 1.29 is 5.11 Å². The molecule has 0 unspecified atom stereocenters. The molecule has 66 valence electrons. The standard InChI is InChI=1S/C8H11ClN2O/c1-5(11-10)7-4-6(9)2-3-8(7)12/h2-5,11-12H,10H2,1H3/t5-/m1/s1. The summed E-state index contributed by atoms with van der Waals surface area (Å²) in [6.07, 6.45) is 0. The van der Waals surface area contributed by atoms with Crippen molar-refractivity contribution in [2.75, 3.05) is 0 Å². The molecule has 1 aromatic carbocycles. The molecule has 0 aromatic heterocycles. The van der Waals surface area contributed by atoms with Crippen molar-refractivity contribution in [1.29, 1.82) is 0 Å². The minimum Gasteiger partial charge on any atom is -0.508 e. The fraction of sp³-hybridized carbons (Fsp3) is 0.250. The van der Waals surface area contributed by atoms with Gasteiger partial charge in [0.15, 0.2) is 0 Å². The van der Waals surface area contributed by atoms with Crippen molar-refractivity contribution >= 4 is 11.6 Å². The third kappa shape index (κ3) is 1.88. The number of phenols is 1. The molecule has 0 spiro atoms. The van der Waals surface area contributed by atoms with E-state index in [1.54, 1.807) is 18.2 Å². The monoisotopic (exact) mass is 186 g/mol. The lowest BCUT2D eigenvalue weighted by Crippen LogP contribution is -2.25. The zero-order valence-electron chi connectivity index (χ0n) is 6.71. The summed E-state index contributed by atoms with van der Waals surface area (Å²) in [6.45, 7) is 1.84. The van der Waals surface area contributed by atoms with Crippen molar-refractivity contribution in [2.45, 2.75) is 13.0 Å². The summed E-state index contributed by atoms with van der Waals surface area (Å²) in [5.41, 5.74) is 3.23. The number of halogens is 1. The van der Waals surface area contributed by atoms with E-state index in [1.165, 1.54) is 0 Å². The van der Waals surface area contributed by atoms with Crippen molar-refractivity contribution in [2.24, 2.45) is 5.84 Å². The van der Waals surface area contributed by atoms with Gasteiger partial charge >= 0.3 is 0 Å². The SMILES string of the molecule is C[C@@H](NN)c1cc(Cl)ccc1O. The average Bonchev–Trinajstić information content (AvgIpc) is 2.08. The fourth-order valence-corrected chi connectivity index (χ4v) is 1.14. The van der Waals surface area contributed by atoms with Gasteiger partial charge in [-0.15, -0.1) is 0 Å². The van der Waals surface area contributed by atoms with E-state index in [0.717, 1.165) is 0 Å². The van der Waals surface area contributed by atoms with Gasteiger partial charge in [-0.1, -0.05) is 11.6 Å². The van der Waals surface area contributed by atoms with E-state index in [1.807, 2.05) is 6.92 Å². The summed E-state index contributed by atoms with van der Waals surface area (Å²) in [7, 11) is 0. The number of aromatic hydroxyl groups is 1. The van der Waals surface area contributed by atoms with Crippen LogP contribution in [-0.2, 0) is 0 Å². The molecule has 0 aliphatic rings. The van der Waals surface area contributed by atoms with Crippen molar-refractivity contribution in [1.82, 2.24) is 5.43 Å². The molecule has 0 aliphatic carbocycles. The summed E-state index contributed by atoms with van der Waals surface area (Å²) in [4.78, 5) is 0. The third-order valence-corrected chi connectivity index (χ3v) is 1.94. The van der Waals surface area contributed by atoms with Gasteiger partial charge in [-0.05, 0) is 25.1 Å². The van der Waals surface area contributed by atoms with E-state index >= 15 is 0 Å². The van der Waals surface area contributed by atoms with Crippen LogP contribution in [0, 0.1) is 0 Å². The van der Waals surface area contributed by atoms with Gasteiger partial charge in [-0.25, -0.2) is 0 Å². The largest absolute Gasteiger partial charge is 0.508 e. The van der Waals surface area contributed by atoms with E-state index in [9.17, 15) is 5.11 Å². The van der Waals surface area contributed by atoms with Gasteiger partial charge < -0.3 is 5.11 Å². The zero-order valence-corrected chi connectivity index (χ0v) is 7.47. The molecule has 0 saturated carbocycles. The van der Waals surface area contributed by atoms with Gasteiger partial charge in [0.2, 0.25) is 0 Å². The molecule has 1 aromatic rings. The van der Waals surface area contributed by atoms with E-state index < -0.39 is 0 Å². The normalized spacial score (nSPS) is 12.9. The molecule has 1 rings (SSSR count). The van der Waals surface area contributed by atoms with Crippen LogP contribution in [0.2, 0.25) is 5.02 Å². The van der Waals surface area contributed by atoms with Crippen LogP contribution in [0.15, 0.2) is 18.2 Å². The summed E-state index contributed by atoms with van der Waals surface area (Å²) >= 11 is 5.74. The highest BCUT2D eigenvalue weighted by molar-refractivity contribution is 6.30. The predicted molar refractivity (Wildman–Crippen MR) is 48.9 cm³/mol. The van der Waals surface area contributed by atoms with Gasteiger partial charge in [0.05, 0.1) is 0 Å². The quantitative estimate of drug-likeness (QED) is 0.486. The van der Waals surface area contributed by atoms with Crippen molar-refractivity contribution in [3.8, 4) is 5.75 Å². The summed E-state index contributed by atoms with van der Waals surface area (Å²) in [5.74, 6) is 5.42. The molecule has 0 radical (unpaired) electrons. The smallest absolute Gasteiger partial charge is 0.120 e. The van der Waals surface area contributed by atoms with E-state index in [2.05, 4.69) is 5.43 Å². The first-order valence-corrected chi connectivity index (χ1v) is 3.97. The highest BCUT2D eigenvalue weighted by Gasteiger charge is 2.08. The van der Waals surface area contributed by atoms with Crippen LogP contribution >= 0.6 is 11.6 Å². The maximum Gasteiger partial charge on any atom is 0.120 e. The third-order valence-electron chi connectivity index (χ3n) is 1.71. The number of hydrazine groups is 1. The molecular formula is C8H11ClN2O. The van der Waals surface area contributed by atoms with Crippen LogP contribution in [0.5, 0.6) is 5.75 Å². The lowest BCUT2D eigenvalue weighted by molar-refractivity contribution is 0.454. The molecule has 3 nitrogen and oxygen atoms in total. The van der Waals surface area contributed by atoms with Gasteiger partial charge in [0.1, 0.15) is 5.75 Å². The van der Waals surface area contributed by atoms with E-state index in [0.29, 0.717) is 10.6 Å². The van der Waals surface area contributed by atoms with Crippen LogP contribution in [0.3, 0.4) is 0 Å². The summed E-state index contributed by atoms with van der Waals surface area (Å²) in [6, 6.07) is 4.75. The fourth-order valence-electron chi connectivity index (χ4n) is 0.962. The number of rotatable bonds is 2. The van der Waals surface area contributed by atoms with Gasteiger partial charge in [0.25, 0.3) is 0 Å². The number of nitrogens with two attached hydrogens (primary N) is 1. The first-order valence-electron chi connectivity index (χ1n) is 3.59. The maximum absolute atomic E-state index is 9.38. The van der Waals surface area contributed by atoms with E-state index in [4.69, 9.17) is 17.4 Å². The molecule has 4 heteroatoms. The summed E-state index contributed by atoms with van der Waals surface area (Å²) in [5, 5.41) is 9.97. The Kier molecular flexibility index (Phi) is 2.92. The van der Waals surface area contributed by atoms with Crippen molar-refractivity contribution in [3.05, 3.63) is 28.8 Å². The summed E-state index contributed by atoms with van der Waals surface area (Å²) < 4.78 is 0. The Bertz CT molecular complexity index is 278. The molecule has 12 heavy (non-hydrogen) atoms.